The topological polar surface area (TPSA) is 45.6 Å². The Labute approximate surface area is 118 Å². The van der Waals surface area contributed by atoms with E-state index in [-0.39, 0.29) is 0 Å². The zero-order valence-electron chi connectivity index (χ0n) is 13.3. The largest absolute Gasteiger partial charge is 0.382 e. The highest BCUT2D eigenvalue weighted by molar-refractivity contribution is 5.80. The van der Waals surface area contributed by atoms with Gasteiger partial charge in [0.1, 0.15) is 0 Å². The lowest BCUT2D eigenvalue weighted by Gasteiger charge is -2.23. The van der Waals surface area contributed by atoms with Crippen molar-refractivity contribution < 1.29 is 4.74 Å². The number of nitrogens with zero attached hydrogens (tertiary/aromatic N) is 1. The molecule has 0 aliphatic heterocycles. The van der Waals surface area contributed by atoms with Gasteiger partial charge in [0.05, 0.1) is 0 Å². The summed E-state index contributed by atoms with van der Waals surface area (Å²) in [7, 11) is 1.84. The average molecular weight is 269 g/mol. The van der Waals surface area contributed by atoms with Gasteiger partial charge in [0, 0.05) is 32.8 Å². The summed E-state index contributed by atoms with van der Waals surface area (Å²) in [4.78, 5) is 4.30. The van der Waals surface area contributed by atoms with Gasteiger partial charge in [-0.1, -0.05) is 13.8 Å². The summed E-state index contributed by atoms with van der Waals surface area (Å²) in [5, 5.41) is 6.91. The van der Waals surface area contributed by atoms with Gasteiger partial charge in [-0.25, -0.2) is 0 Å². The molecule has 0 aromatic carbocycles. The second-order valence-corrected chi connectivity index (χ2v) is 6.05. The first-order valence-corrected chi connectivity index (χ1v) is 7.58. The molecule has 0 bridgehead atoms. The minimum Gasteiger partial charge on any atom is -0.382 e. The van der Waals surface area contributed by atoms with Gasteiger partial charge in [-0.15, -0.1) is 0 Å². The number of hydrogen-bond acceptors (Lipinski definition) is 2. The molecule has 4 nitrogen and oxygen atoms in total. The fourth-order valence-corrected chi connectivity index (χ4v) is 1.97. The first-order valence-electron chi connectivity index (χ1n) is 7.58. The van der Waals surface area contributed by atoms with Crippen LogP contribution in [0.3, 0.4) is 0 Å². The Morgan fingerprint density at radius 3 is 2.47 bits per heavy atom. The molecule has 0 heterocycles. The second kappa shape index (κ2) is 7.73. The highest BCUT2D eigenvalue weighted by atomic mass is 16.5. The molecule has 0 aromatic rings. The van der Waals surface area contributed by atoms with Gasteiger partial charge >= 0.3 is 0 Å². The van der Waals surface area contributed by atoms with Crippen LogP contribution in [0.15, 0.2) is 4.99 Å². The Kier molecular flexibility index (Phi) is 6.63. The van der Waals surface area contributed by atoms with E-state index in [0.29, 0.717) is 17.4 Å². The van der Waals surface area contributed by atoms with Gasteiger partial charge in [-0.3, -0.25) is 4.99 Å². The quantitative estimate of drug-likeness (QED) is 0.404. The summed E-state index contributed by atoms with van der Waals surface area (Å²) in [6.07, 6.45) is 3.78. The molecule has 1 aliphatic carbocycles. The number of aliphatic imine (C=N–C) groups is 1. The molecular formula is C15H31N3O. The average Bonchev–Trinajstić information content (AvgIpc) is 3.15. The van der Waals surface area contributed by atoms with E-state index in [4.69, 9.17) is 4.74 Å². The minimum absolute atomic E-state index is 0.435. The van der Waals surface area contributed by atoms with Crippen LogP contribution in [-0.2, 0) is 4.74 Å². The van der Waals surface area contributed by atoms with Gasteiger partial charge in [-0.05, 0) is 44.4 Å². The van der Waals surface area contributed by atoms with E-state index in [2.05, 4.69) is 43.3 Å². The van der Waals surface area contributed by atoms with E-state index in [1.165, 1.54) is 12.8 Å². The van der Waals surface area contributed by atoms with Crippen LogP contribution in [0.5, 0.6) is 0 Å². The molecule has 1 aliphatic rings. The van der Waals surface area contributed by atoms with Crippen molar-refractivity contribution >= 4 is 5.96 Å². The molecule has 1 saturated carbocycles. The Morgan fingerprint density at radius 1 is 1.32 bits per heavy atom. The van der Waals surface area contributed by atoms with Crippen molar-refractivity contribution in [3.63, 3.8) is 0 Å². The highest BCUT2D eigenvalue weighted by Crippen LogP contribution is 2.48. The molecule has 2 N–H and O–H groups in total. The lowest BCUT2D eigenvalue weighted by atomic mass is 10.0. The molecule has 0 spiro atoms. The zero-order chi connectivity index (χ0) is 14.3. The van der Waals surface area contributed by atoms with Crippen molar-refractivity contribution in [1.29, 1.82) is 0 Å². The van der Waals surface area contributed by atoms with E-state index in [0.717, 1.165) is 32.1 Å². The first kappa shape index (κ1) is 16.3. The standard InChI is InChI=1S/C15H31N3O/c1-6-19-10-9-15(7-8-15)11-17-14(16-5)18-13(4)12(2)3/h12-13H,6-11H2,1-5H3,(H2,16,17,18). The van der Waals surface area contributed by atoms with Crippen LogP contribution >= 0.6 is 0 Å². The van der Waals surface area contributed by atoms with Crippen LogP contribution < -0.4 is 10.6 Å². The maximum atomic E-state index is 5.46. The highest BCUT2D eigenvalue weighted by Gasteiger charge is 2.41. The van der Waals surface area contributed by atoms with Gasteiger partial charge in [0.15, 0.2) is 5.96 Å². The lowest BCUT2D eigenvalue weighted by Crippen LogP contribution is -2.46. The van der Waals surface area contributed by atoms with E-state index < -0.39 is 0 Å². The number of nitrogens with one attached hydrogen (secondary N) is 2. The summed E-state index contributed by atoms with van der Waals surface area (Å²) in [5.74, 6) is 1.52. The third kappa shape index (κ3) is 5.81. The van der Waals surface area contributed by atoms with Crippen LogP contribution in [0.25, 0.3) is 0 Å². The molecule has 1 atom stereocenters. The lowest BCUT2D eigenvalue weighted by molar-refractivity contribution is 0.128. The summed E-state index contributed by atoms with van der Waals surface area (Å²) >= 11 is 0. The number of hydrogen-bond donors (Lipinski definition) is 2. The Morgan fingerprint density at radius 2 is 2.00 bits per heavy atom. The fourth-order valence-electron chi connectivity index (χ4n) is 1.97. The fraction of sp³-hybridized carbons (Fsp3) is 0.933. The second-order valence-electron chi connectivity index (χ2n) is 6.05. The normalized spacial score (nSPS) is 19.4. The van der Waals surface area contributed by atoms with E-state index in [9.17, 15) is 0 Å². The smallest absolute Gasteiger partial charge is 0.191 e. The van der Waals surface area contributed by atoms with Crippen LogP contribution in [0.1, 0.15) is 47.0 Å². The van der Waals surface area contributed by atoms with Gasteiger partial charge in [0.25, 0.3) is 0 Å². The van der Waals surface area contributed by atoms with Gasteiger partial charge in [0.2, 0.25) is 0 Å². The monoisotopic (exact) mass is 269 g/mol. The molecule has 1 unspecified atom stereocenters. The van der Waals surface area contributed by atoms with Crippen LogP contribution in [-0.4, -0.2) is 38.8 Å². The predicted molar refractivity (Wildman–Crippen MR) is 81.6 cm³/mol. The van der Waals surface area contributed by atoms with Crippen molar-refractivity contribution in [1.82, 2.24) is 10.6 Å². The van der Waals surface area contributed by atoms with Crippen molar-refractivity contribution in [3.05, 3.63) is 0 Å². The van der Waals surface area contributed by atoms with Crippen LogP contribution in [0.4, 0.5) is 0 Å². The van der Waals surface area contributed by atoms with E-state index >= 15 is 0 Å². The van der Waals surface area contributed by atoms with E-state index in [1.54, 1.807) is 0 Å². The third-order valence-electron chi connectivity index (χ3n) is 4.16. The number of ether oxygens (including phenoxy) is 1. The first-order chi connectivity index (χ1) is 9.03. The van der Waals surface area contributed by atoms with E-state index in [1.807, 2.05) is 7.05 Å². The molecule has 1 fully saturated rings. The Balaban J connectivity index is 2.29. The van der Waals surface area contributed by atoms with Crippen LogP contribution in [0.2, 0.25) is 0 Å². The molecule has 0 aromatic heterocycles. The van der Waals surface area contributed by atoms with Gasteiger partial charge < -0.3 is 15.4 Å². The summed E-state index contributed by atoms with van der Waals surface area (Å²) in [6.45, 7) is 11.4. The van der Waals surface area contributed by atoms with Crippen molar-refractivity contribution in [2.24, 2.45) is 16.3 Å². The number of rotatable bonds is 8. The Bertz CT molecular complexity index is 285. The maximum absolute atomic E-state index is 5.46. The molecule has 0 saturated heterocycles. The Hall–Kier alpha value is -0.770. The SMILES string of the molecule is CCOCCC1(CNC(=NC)NC(C)C(C)C)CC1. The zero-order valence-corrected chi connectivity index (χ0v) is 13.3. The maximum Gasteiger partial charge on any atom is 0.191 e. The molecule has 4 heteroatoms. The van der Waals surface area contributed by atoms with Gasteiger partial charge in [-0.2, -0.15) is 0 Å². The van der Waals surface area contributed by atoms with Crippen molar-refractivity contribution in [2.45, 2.75) is 53.0 Å². The predicted octanol–water partition coefficient (Wildman–Crippen LogP) is 2.40. The molecular weight excluding hydrogens is 238 g/mol. The summed E-state index contributed by atoms with van der Waals surface area (Å²) < 4.78 is 5.46. The summed E-state index contributed by atoms with van der Waals surface area (Å²) in [6, 6.07) is 0.435. The molecule has 112 valence electrons. The number of guanidine groups is 1. The summed E-state index contributed by atoms with van der Waals surface area (Å²) in [5.41, 5.74) is 0.452. The van der Waals surface area contributed by atoms with Crippen molar-refractivity contribution in [3.8, 4) is 0 Å². The van der Waals surface area contributed by atoms with Crippen molar-refractivity contribution in [2.75, 3.05) is 26.8 Å². The molecule has 0 amide bonds. The van der Waals surface area contributed by atoms with Crippen LogP contribution in [0, 0.1) is 11.3 Å². The molecule has 1 rings (SSSR count). The third-order valence-corrected chi connectivity index (χ3v) is 4.16. The minimum atomic E-state index is 0.435. The molecule has 0 radical (unpaired) electrons. The molecule has 19 heavy (non-hydrogen) atoms.